The number of rotatable bonds is 0. The van der Waals surface area contributed by atoms with Crippen LogP contribution in [0.15, 0.2) is 52.1 Å². The molecule has 0 aromatic heterocycles. The standard InChI is InChI=1S/C18H12BrNO2/c1-9-2-3-10-7-14(17(21)12(10)6-9)16-18(22)13-8-11(19)4-5-15(13)20-16/h2-6,8,20H,7H2,1H3/b16-14-. The molecule has 0 spiro atoms. The first-order valence-corrected chi connectivity index (χ1v) is 7.82. The molecule has 0 saturated heterocycles. The molecule has 2 aliphatic rings. The normalized spacial score (nSPS) is 19.2. The third-order valence-corrected chi connectivity index (χ3v) is 4.66. The highest BCUT2D eigenvalue weighted by Crippen LogP contribution is 2.36. The average molecular weight is 354 g/mol. The maximum absolute atomic E-state index is 12.6. The highest BCUT2D eigenvalue weighted by Gasteiger charge is 2.34. The van der Waals surface area contributed by atoms with Crippen molar-refractivity contribution in [3.63, 3.8) is 0 Å². The van der Waals surface area contributed by atoms with E-state index in [2.05, 4.69) is 21.2 Å². The molecule has 0 saturated carbocycles. The van der Waals surface area contributed by atoms with Crippen LogP contribution in [0.2, 0.25) is 0 Å². The topological polar surface area (TPSA) is 46.2 Å². The maximum Gasteiger partial charge on any atom is 0.211 e. The summed E-state index contributed by atoms with van der Waals surface area (Å²) in [6, 6.07) is 11.4. The smallest absolute Gasteiger partial charge is 0.211 e. The molecule has 4 heteroatoms. The van der Waals surface area contributed by atoms with Crippen LogP contribution in [0, 0.1) is 6.92 Å². The number of nitrogens with one attached hydrogen (secondary N) is 1. The molecule has 0 atom stereocenters. The van der Waals surface area contributed by atoms with Crippen LogP contribution in [0.4, 0.5) is 5.69 Å². The molecule has 3 nitrogen and oxygen atoms in total. The van der Waals surface area contributed by atoms with Gasteiger partial charge in [0, 0.05) is 33.3 Å². The highest BCUT2D eigenvalue weighted by molar-refractivity contribution is 9.10. The second-order valence-electron chi connectivity index (χ2n) is 5.66. The number of anilines is 1. The molecule has 4 rings (SSSR count). The summed E-state index contributed by atoms with van der Waals surface area (Å²) in [4.78, 5) is 25.2. The lowest BCUT2D eigenvalue weighted by molar-refractivity contribution is 0.101. The molecule has 1 heterocycles. The van der Waals surface area contributed by atoms with Gasteiger partial charge in [0.15, 0.2) is 5.78 Å². The van der Waals surface area contributed by atoms with E-state index in [4.69, 9.17) is 0 Å². The second kappa shape index (κ2) is 4.65. The number of ketones is 2. The van der Waals surface area contributed by atoms with Crippen molar-refractivity contribution in [2.75, 3.05) is 5.32 Å². The van der Waals surface area contributed by atoms with Crippen LogP contribution in [0.3, 0.4) is 0 Å². The van der Waals surface area contributed by atoms with E-state index in [0.29, 0.717) is 28.8 Å². The SMILES string of the molecule is Cc1ccc2c(c1)C(=O)/C(=C1\Nc3ccc(Br)cc3C1=O)C2. The van der Waals surface area contributed by atoms with Crippen molar-refractivity contribution in [3.8, 4) is 0 Å². The van der Waals surface area contributed by atoms with Crippen LogP contribution in [0.25, 0.3) is 0 Å². The van der Waals surface area contributed by atoms with Gasteiger partial charge in [-0.3, -0.25) is 9.59 Å². The van der Waals surface area contributed by atoms with Crippen LogP contribution in [0.5, 0.6) is 0 Å². The van der Waals surface area contributed by atoms with E-state index >= 15 is 0 Å². The van der Waals surface area contributed by atoms with Gasteiger partial charge in [-0.15, -0.1) is 0 Å². The number of allylic oxidation sites excluding steroid dienone is 2. The zero-order valence-electron chi connectivity index (χ0n) is 11.9. The summed E-state index contributed by atoms with van der Waals surface area (Å²) >= 11 is 3.38. The second-order valence-corrected chi connectivity index (χ2v) is 6.58. The molecular weight excluding hydrogens is 342 g/mol. The number of aryl methyl sites for hydroxylation is 1. The third kappa shape index (κ3) is 1.87. The minimum absolute atomic E-state index is 0.0404. The van der Waals surface area contributed by atoms with Gasteiger partial charge in [-0.2, -0.15) is 0 Å². The molecular formula is C18H12BrNO2. The number of carbonyl (C=O) groups excluding carboxylic acids is 2. The zero-order valence-corrected chi connectivity index (χ0v) is 13.5. The molecule has 1 aliphatic heterocycles. The molecule has 2 aromatic rings. The fourth-order valence-corrected chi connectivity index (χ4v) is 3.40. The summed E-state index contributed by atoms with van der Waals surface area (Å²) in [5.41, 5.74) is 5.12. The fourth-order valence-electron chi connectivity index (χ4n) is 3.04. The molecule has 108 valence electrons. The minimum atomic E-state index is -0.107. The lowest BCUT2D eigenvalue weighted by Gasteiger charge is -2.02. The Bertz CT molecular complexity index is 822. The molecule has 0 radical (unpaired) electrons. The van der Waals surface area contributed by atoms with Crippen molar-refractivity contribution in [1.29, 1.82) is 0 Å². The predicted octanol–water partition coefficient (Wildman–Crippen LogP) is 4.06. The van der Waals surface area contributed by atoms with Crippen LogP contribution < -0.4 is 5.32 Å². The number of hydrogen-bond acceptors (Lipinski definition) is 3. The summed E-state index contributed by atoms with van der Waals surface area (Å²) < 4.78 is 0.851. The first kappa shape index (κ1) is 13.5. The molecule has 0 bridgehead atoms. The first-order valence-electron chi connectivity index (χ1n) is 7.03. The Hall–Kier alpha value is -2.20. The van der Waals surface area contributed by atoms with Gasteiger partial charge < -0.3 is 5.32 Å². The van der Waals surface area contributed by atoms with E-state index in [-0.39, 0.29) is 11.6 Å². The summed E-state index contributed by atoms with van der Waals surface area (Å²) in [6.45, 7) is 1.96. The Labute approximate surface area is 136 Å². The molecule has 0 fully saturated rings. The Balaban J connectivity index is 1.82. The fraction of sp³-hybridized carbons (Fsp3) is 0.111. The summed E-state index contributed by atoms with van der Waals surface area (Å²) in [5.74, 6) is -0.148. The van der Waals surface area contributed by atoms with Gasteiger partial charge in [0.05, 0.1) is 5.70 Å². The number of carbonyl (C=O) groups is 2. The molecule has 1 N–H and O–H groups in total. The van der Waals surface area contributed by atoms with Crippen molar-refractivity contribution in [2.45, 2.75) is 13.3 Å². The van der Waals surface area contributed by atoms with Gasteiger partial charge in [0.1, 0.15) is 0 Å². The number of hydrogen-bond donors (Lipinski definition) is 1. The molecule has 22 heavy (non-hydrogen) atoms. The Morgan fingerprint density at radius 2 is 1.82 bits per heavy atom. The maximum atomic E-state index is 12.6. The Morgan fingerprint density at radius 1 is 1.00 bits per heavy atom. The molecule has 0 amide bonds. The molecule has 1 aliphatic carbocycles. The van der Waals surface area contributed by atoms with Gasteiger partial charge in [-0.05, 0) is 36.8 Å². The predicted molar refractivity (Wildman–Crippen MR) is 88.3 cm³/mol. The molecule has 2 aromatic carbocycles. The summed E-state index contributed by atoms with van der Waals surface area (Å²) in [6.07, 6.45) is 0.512. The van der Waals surface area contributed by atoms with Gasteiger partial charge in [-0.1, -0.05) is 33.6 Å². The highest BCUT2D eigenvalue weighted by atomic mass is 79.9. The zero-order chi connectivity index (χ0) is 15.4. The van der Waals surface area contributed by atoms with Gasteiger partial charge in [0.2, 0.25) is 5.78 Å². The van der Waals surface area contributed by atoms with Crippen LogP contribution >= 0.6 is 15.9 Å². The Kier molecular flexibility index (Phi) is 2.84. The van der Waals surface area contributed by atoms with Crippen molar-refractivity contribution >= 4 is 33.2 Å². The van der Waals surface area contributed by atoms with Crippen molar-refractivity contribution in [3.05, 3.63) is 74.4 Å². The first-order chi connectivity index (χ1) is 10.5. The van der Waals surface area contributed by atoms with E-state index in [0.717, 1.165) is 21.3 Å². The lowest BCUT2D eigenvalue weighted by atomic mass is 10.0. The van der Waals surface area contributed by atoms with Gasteiger partial charge >= 0.3 is 0 Å². The Morgan fingerprint density at radius 3 is 2.64 bits per heavy atom. The van der Waals surface area contributed by atoms with Crippen molar-refractivity contribution in [2.24, 2.45) is 0 Å². The van der Waals surface area contributed by atoms with E-state index < -0.39 is 0 Å². The summed E-state index contributed by atoms with van der Waals surface area (Å²) in [7, 11) is 0. The quantitative estimate of drug-likeness (QED) is 0.726. The van der Waals surface area contributed by atoms with Crippen LogP contribution in [-0.2, 0) is 6.42 Å². The third-order valence-electron chi connectivity index (χ3n) is 4.17. The molecule has 0 unspecified atom stereocenters. The largest absolute Gasteiger partial charge is 0.351 e. The minimum Gasteiger partial charge on any atom is -0.351 e. The number of benzene rings is 2. The van der Waals surface area contributed by atoms with Gasteiger partial charge in [0.25, 0.3) is 0 Å². The number of halogens is 1. The van der Waals surface area contributed by atoms with Crippen LogP contribution in [0.1, 0.15) is 31.8 Å². The van der Waals surface area contributed by atoms with Crippen molar-refractivity contribution in [1.82, 2.24) is 0 Å². The average Bonchev–Trinajstić information content (AvgIpc) is 2.98. The van der Waals surface area contributed by atoms with Gasteiger partial charge in [-0.25, -0.2) is 0 Å². The summed E-state index contributed by atoms with van der Waals surface area (Å²) in [5, 5.41) is 3.12. The van der Waals surface area contributed by atoms with Crippen molar-refractivity contribution < 1.29 is 9.59 Å². The van der Waals surface area contributed by atoms with E-state index in [9.17, 15) is 9.59 Å². The van der Waals surface area contributed by atoms with E-state index in [1.54, 1.807) is 6.07 Å². The monoisotopic (exact) mass is 353 g/mol. The lowest BCUT2D eigenvalue weighted by Crippen LogP contribution is -2.09. The van der Waals surface area contributed by atoms with Crippen LogP contribution in [-0.4, -0.2) is 11.6 Å². The van der Waals surface area contributed by atoms with E-state index in [1.165, 1.54) is 0 Å². The number of fused-ring (bicyclic) bond motifs is 2. The number of Topliss-reactive ketones (excluding diaryl/α,β-unsaturated/α-hetero) is 2. The van der Waals surface area contributed by atoms with E-state index in [1.807, 2.05) is 37.3 Å².